The molecule has 0 N–H and O–H groups in total. The minimum absolute atomic E-state index is 0.0443. The first-order chi connectivity index (χ1) is 17.6. The second kappa shape index (κ2) is 11.3. The summed E-state index contributed by atoms with van der Waals surface area (Å²) in [4.78, 5) is 30.7. The summed E-state index contributed by atoms with van der Waals surface area (Å²) in [6.07, 6.45) is 8.53. The van der Waals surface area contributed by atoms with Crippen molar-refractivity contribution in [3.05, 3.63) is 54.0 Å². The van der Waals surface area contributed by atoms with Crippen molar-refractivity contribution in [2.75, 3.05) is 39.8 Å². The van der Waals surface area contributed by atoms with Gasteiger partial charge in [-0.05, 0) is 80.7 Å². The van der Waals surface area contributed by atoms with Crippen molar-refractivity contribution in [2.24, 2.45) is 11.0 Å². The normalized spacial score (nSPS) is 21.8. The summed E-state index contributed by atoms with van der Waals surface area (Å²) in [5, 5.41) is 6.33. The van der Waals surface area contributed by atoms with E-state index in [1.165, 1.54) is 12.8 Å². The maximum Gasteiger partial charge on any atom is 0.257 e. The summed E-state index contributed by atoms with van der Waals surface area (Å²) in [6.45, 7) is 3.60. The van der Waals surface area contributed by atoms with Gasteiger partial charge in [0.1, 0.15) is 17.6 Å². The topological polar surface area (TPSA) is 78.6 Å². The Labute approximate surface area is 212 Å². The predicted molar refractivity (Wildman–Crippen MR) is 137 cm³/mol. The van der Waals surface area contributed by atoms with Crippen LogP contribution in [-0.4, -0.2) is 72.2 Å². The zero-order valence-electron chi connectivity index (χ0n) is 21.1. The molecule has 1 atom stereocenters. The largest absolute Gasteiger partial charge is 0.497 e. The maximum atomic E-state index is 13.4. The van der Waals surface area contributed by atoms with E-state index in [9.17, 15) is 9.59 Å². The van der Waals surface area contributed by atoms with E-state index in [4.69, 9.17) is 14.3 Å². The van der Waals surface area contributed by atoms with E-state index in [-0.39, 0.29) is 17.9 Å². The summed E-state index contributed by atoms with van der Waals surface area (Å²) in [5.74, 6) is 1.87. The van der Waals surface area contributed by atoms with Crippen molar-refractivity contribution in [1.82, 2.24) is 14.8 Å². The van der Waals surface area contributed by atoms with Gasteiger partial charge in [0.05, 0.1) is 25.6 Å². The average molecular weight is 493 g/mol. The zero-order valence-corrected chi connectivity index (χ0v) is 21.1. The van der Waals surface area contributed by atoms with Crippen molar-refractivity contribution in [2.45, 2.75) is 51.0 Å². The van der Waals surface area contributed by atoms with Gasteiger partial charge in [0, 0.05) is 25.4 Å². The SMILES string of the molecule is COc1ccc(C2=NN(C(=O)CN3CCC(C(=O)N4CCCCCC4)CC3)[C@H](c3ccco3)C2)cc1. The number of likely N-dealkylation sites (tertiary alicyclic amines) is 2. The molecule has 8 heteroatoms. The Hall–Kier alpha value is -3.13. The molecule has 4 heterocycles. The lowest BCUT2D eigenvalue weighted by Gasteiger charge is -2.34. The molecule has 8 nitrogen and oxygen atoms in total. The number of amides is 2. The Bertz CT molecular complexity index is 1050. The molecule has 2 aromatic rings. The quantitative estimate of drug-likeness (QED) is 0.607. The van der Waals surface area contributed by atoms with E-state index < -0.39 is 0 Å². The van der Waals surface area contributed by atoms with Crippen molar-refractivity contribution in [1.29, 1.82) is 0 Å². The Morgan fingerprint density at radius 1 is 1.00 bits per heavy atom. The number of carbonyl (C=O) groups excluding carboxylic acids is 2. The smallest absolute Gasteiger partial charge is 0.257 e. The highest BCUT2D eigenvalue weighted by Gasteiger charge is 2.36. The molecule has 2 amide bonds. The van der Waals surface area contributed by atoms with Gasteiger partial charge in [-0.25, -0.2) is 5.01 Å². The summed E-state index contributed by atoms with van der Waals surface area (Å²) in [6, 6.07) is 11.2. The molecule has 1 aromatic carbocycles. The van der Waals surface area contributed by atoms with Crippen LogP contribution >= 0.6 is 0 Å². The number of benzene rings is 1. The lowest BCUT2D eigenvalue weighted by atomic mass is 9.95. The highest BCUT2D eigenvalue weighted by molar-refractivity contribution is 6.03. The number of hydrazone groups is 1. The second-order valence-electron chi connectivity index (χ2n) is 10.0. The highest BCUT2D eigenvalue weighted by atomic mass is 16.5. The van der Waals surface area contributed by atoms with Crippen molar-refractivity contribution in [3.8, 4) is 5.75 Å². The number of piperidine rings is 1. The summed E-state index contributed by atoms with van der Waals surface area (Å²) in [5.41, 5.74) is 1.82. The van der Waals surface area contributed by atoms with Crippen LogP contribution < -0.4 is 4.74 Å². The van der Waals surface area contributed by atoms with Gasteiger partial charge in [-0.15, -0.1) is 0 Å². The van der Waals surface area contributed by atoms with Crippen LogP contribution in [0.15, 0.2) is 52.2 Å². The van der Waals surface area contributed by atoms with E-state index in [1.54, 1.807) is 18.4 Å². The number of carbonyl (C=O) groups is 2. The molecule has 3 aliphatic rings. The maximum absolute atomic E-state index is 13.4. The van der Waals surface area contributed by atoms with Crippen LogP contribution in [0.2, 0.25) is 0 Å². The molecule has 0 spiro atoms. The van der Waals surface area contributed by atoms with Gasteiger partial charge in [-0.1, -0.05) is 12.8 Å². The molecular weight excluding hydrogens is 456 g/mol. The highest BCUT2D eigenvalue weighted by Crippen LogP contribution is 2.34. The molecule has 0 bridgehead atoms. The summed E-state index contributed by atoms with van der Waals surface area (Å²) >= 11 is 0. The first-order valence-electron chi connectivity index (χ1n) is 13.2. The molecule has 2 saturated heterocycles. The minimum atomic E-state index is -0.258. The molecule has 0 unspecified atom stereocenters. The van der Waals surface area contributed by atoms with E-state index >= 15 is 0 Å². The van der Waals surface area contributed by atoms with Crippen LogP contribution in [-0.2, 0) is 9.59 Å². The number of ether oxygens (including phenoxy) is 1. The van der Waals surface area contributed by atoms with Crippen LogP contribution in [0.1, 0.15) is 62.3 Å². The first kappa shape index (κ1) is 24.6. The Morgan fingerprint density at radius 2 is 1.72 bits per heavy atom. The van der Waals surface area contributed by atoms with Crippen LogP contribution in [0.5, 0.6) is 5.75 Å². The molecule has 0 saturated carbocycles. The van der Waals surface area contributed by atoms with Crippen molar-refractivity contribution >= 4 is 17.5 Å². The molecule has 5 rings (SSSR count). The Morgan fingerprint density at radius 3 is 2.36 bits per heavy atom. The number of hydrogen-bond donors (Lipinski definition) is 0. The molecule has 2 fully saturated rings. The fraction of sp³-hybridized carbons (Fsp3) is 0.536. The summed E-state index contributed by atoms with van der Waals surface area (Å²) in [7, 11) is 1.64. The van der Waals surface area contributed by atoms with Gasteiger partial charge in [0.25, 0.3) is 5.91 Å². The predicted octanol–water partition coefficient (Wildman–Crippen LogP) is 4.08. The molecule has 0 aliphatic carbocycles. The van der Waals surface area contributed by atoms with Crippen molar-refractivity contribution in [3.63, 3.8) is 0 Å². The van der Waals surface area contributed by atoms with Gasteiger partial charge in [0.2, 0.25) is 5.91 Å². The van der Waals surface area contributed by atoms with E-state index in [1.807, 2.05) is 36.4 Å². The number of methoxy groups -OCH3 is 1. The monoisotopic (exact) mass is 492 g/mol. The fourth-order valence-electron chi connectivity index (χ4n) is 5.55. The van der Waals surface area contributed by atoms with Gasteiger partial charge < -0.3 is 14.1 Å². The Balaban J connectivity index is 1.22. The lowest BCUT2D eigenvalue weighted by Crippen LogP contribution is -2.45. The van der Waals surface area contributed by atoms with Gasteiger partial charge in [-0.2, -0.15) is 5.10 Å². The van der Waals surface area contributed by atoms with Gasteiger partial charge in [0.15, 0.2) is 0 Å². The van der Waals surface area contributed by atoms with Gasteiger partial charge in [-0.3, -0.25) is 14.5 Å². The Kier molecular flexibility index (Phi) is 7.70. The number of rotatable bonds is 6. The third-order valence-corrected chi connectivity index (χ3v) is 7.67. The van der Waals surface area contributed by atoms with Crippen LogP contribution in [0.3, 0.4) is 0 Å². The van der Waals surface area contributed by atoms with Crippen LogP contribution in [0.25, 0.3) is 0 Å². The average Bonchev–Trinajstić information content (AvgIpc) is 3.53. The number of furan rings is 1. The minimum Gasteiger partial charge on any atom is -0.497 e. The lowest BCUT2D eigenvalue weighted by molar-refractivity contribution is -0.138. The third-order valence-electron chi connectivity index (χ3n) is 7.67. The number of nitrogens with zero attached hydrogens (tertiary/aromatic N) is 4. The third kappa shape index (κ3) is 5.48. The van der Waals surface area contributed by atoms with Gasteiger partial charge >= 0.3 is 0 Å². The molecule has 0 radical (unpaired) electrons. The molecule has 36 heavy (non-hydrogen) atoms. The van der Waals surface area contributed by atoms with E-state index in [0.29, 0.717) is 18.9 Å². The fourth-order valence-corrected chi connectivity index (χ4v) is 5.55. The summed E-state index contributed by atoms with van der Waals surface area (Å²) < 4.78 is 10.9. The molecule has 1 aromatic heterocycles. The molecule has 3 aliphatic heterocycles. The van der Waals surface area contributed by atoms with E-state index in [2.05, 4.69) is 9.80 Å². The number of hydrogen-bond acceptors (Lipinski definition) is 6. The molecule has 192 valence electrons. The van der Waals surface area contributed by atoms with Crippen molar-refractivity contribution < 1.29 is 18.7 Å². The molecular formula is C28H36N4O4. The standard InChI is InChI=1S/C28H36N4O4/c1-35-23-10-8-21(9-11-23)24-19-25(26-7-6-18-36-26)32(29-24)27(33)20-30-16-12-22(13-17-30)28(34)31-14-4-2-3-5-15-31/h6-11,18,22,25H,2-5,12-17,19-20H2,1H3/t25-/m0/s1. The zero-order chi connectivity index (χ0) is 24.9. The van der Waals surface area contributed by atoms with Crippen LogP contribution in [0.4, 0.5) is 0 Å². The first-order valence-corrected chi connectivity index (χ1v) is 13.2. The second-order valence-corrected chi connectivity index (χ2v) is 10.0. The van der Waals surface area contributed by atoms with Crippen LogP contribution in [0, 0.1) is 5.92 Å². The van der Waals surface area contributed by atoms with E-state index in [0.717, 1.165) is 74.6 Å².